The molecule has 0 aliphatic rings. The van der Waals surface area contributed by atoms with E-state index in [1.807, 2.05) is 30.3 Å². The third-order valence-electron chi connectivity index (χ3n) is 4.67. The van der Waals surface area contributed by atoms with Gasteiger partial charge in [-0.2, -0.15) is 13.2 Å². The van der Waals surface area contributed by atoms with Crippen molar-refractivity contribution in [1.82, 2.24) is 19.1 Å². The van der Waals surface area contributed by atoms with Crippen molar-refractivity contribution in [2.45, 2.75) is 12.7 Å². The molecule has 0 saturated heterocycles. The molecule has 1 N–H and O–H groups in total. The zero-order valence-corrected chi connectivity index (χ0v) is 15.2. The van der Waals surface area contributed by atoms with Crippen LogP contribution in [0.1, 0.15) is 11.1 Å². The minimum Gasteiger partial charge on any atom is -0.321 e. The molecule has 0 saturated carbocycles. The molecule has 29 heavy (non-hydrogen) atoms. The van der Waals surface area contributed by atoms with Crippen LogP contribution in [0.2, 0.25) is 0 Å². The summed E-state index contributed by atoms with van der Waals surface area (Å²) in [5.74, 6) is 0.284. The van der Waals surface area contributed by atoms with E-state index in [1.165, 1.54) is 21.3 Å². The molecule has 2 aromatic heterocycles. The summed E-state index contributed by atoms with van der Waals surface area (Å²) in [7, 11) is 1.58. The van der Waals surface area contributed by atoms with Gasteiger partial charge in [-0.1, -0.05) is 42.5 Å². The molecule has 0 amide bonds. The van der Waals surface area contributed by atoms with Crippen LogP contribution >= 0.6 is 0 Å². The van der Waals surface area contributed by atoms with Crippen LogP contribution in [0.4, 0.5) is 13.2 Å². The molecule has 148 valence electrons. The summed E-state index contributed by atoms with van der Waals surface area (Å²) in [5, 5.41) is 0. The van der Waals surface area contributed by atoms with Gasteiger partial charge in [-0.3, -0.25) is 14.3 Å². The van der Waals surface area contributed by atoms with E-state index in [-0.39, 0.29) is 23.5 Å². The summed E-state index contributed by atoms with van der Waals surface area (Å²) in [6.45, 7) is 0.191. The largest absolute Gasteiger partial charge is 0.416 e. The standard InChI is InChI=1S/C20H15F3N4O2/c1-26-15-17(24-16(26)13-7-9-14(10-8-13)20(21,22)23)27(19(29)25-18(15)28)11-12-5-3-2-4-6-12/h2-10H,11H2,1H3,(H,25,28,29). The summed E-state index contributed by atoms with van der Waals surface area (Å²) in [4.78, 5) is 31.5. The Morgan fingerprint density at radius 3 is 2.28 bits per heavy atom. The summed E-state index contributed by atoms with van der Waals surface area (Å²) in [6, 6.07) is 13.7. The second-order valence-corrected chi connectivity index (χ2v) is 6.57. The summed E-state index contributed by atoms with van der Waals surface area (Å²) in [5.41, 5.74) is -0.431. The van der Waals surface area contributed by atoms with Gasteiger partial charge in [0.15, 0.2) is 11.2 Å². The number of rotatable bonds is 3. The molecule has 0 fully saturated rings. The van der Waals surface area contributed by atoms with Gasteiger partial charge in [-0.25, -0.2) is 9.78 Å². The first kappa shape index (κ1) is 18.7. The van der Waals surface area contributed by atoms with Crippen LogP contribution < -0.4 is 11.2 Å². The highest BCUT2D eigenvalue weighted by atomic mass is 19.4. The van der Waals surface area contributed by atoms with Crippen LogP contribution in [-0.4, -0.2) is 19.1 Å². The summed E-state index contributed by atoms with van der Waals surface area (Å²) in [6.07, 6.45) is -4.45. The SMILES string of the molecule is Cn1c(-c2ccc(C(F)(F)F)cc2)nc2c1c(=O)[nH]c(=O)n2Cc1ccccc1. The van der Waals surface area contributed by atoms with Crippen LogP contribution in [-0.2, 0) is 19.8 Å². The van der Waals surface area contributed by atoms with Crippen molar-refractivity contribution in [1.29, 1.82) is 0 Å². The lowest BCUT2D eigenvalue weighted by Crippen LogP contribution is -2.31. The number of nitrogens with zero attached hydrogens (tertiary/aromatic N) is 3. The van der Waals surface area contributed by atoms with Crippen LogP contribution in [0.15, 0.2) is 64.2 Å². The van der Waals surface area contributed by atoms with Crippen molar-refractivity contribution in [3.05, 3.63) is 86.6 Å². The minimum atomic E-state index is -4.45. The highest BCUT2D eigenvalue weighted by Crippen LogP contribution is 2.31. The Bertz CT molecular complexity index is 1300. The van der Waals surface area contributed by atoms with E-state index >= 15 is 0 Å². The number of hydrogen-bond acceptors (Lipinski definition) is 3. The summed E-state index contributed by atoms with van der Waals surface area (Å²) >= 11 is 0. The van der Waals surface area contributed by atoms with Crippen molar-refractivity contribution in [2.75, 3.05) is 0 Å². The van der Waals surface area contributed by atoms with E-state index in [0.29, 0.717) is 5.56 Å². The molecule has 0 spiro atoms. The second kappa shape index (κ2) is 6.77. The normalized spacial score (nSPS) is 11.9. The number of hydrogen-bond donors (Lipinski definition) is 1. The molecule has 6 nitrogen and oxygen atoms in total. The van der Waals surface area contributed by atoms with Crippen molar-refractivity contribution >= 4 is 11.2 Å². The predicted molar refractivity (Wildman–Crippen MR) is 102 cm³/mol. The van der Waals surface area contributed by atoms with Crippen LogP contribution in [0.25, 0.3) is 22.6 Å². The van der Waals surface area contributed by atoms with Gasteiger partial charge >= 0.3 is 11.9 Å². The molecule has 0 atom stereocenters. The lowest BCUT2D eigenvalue weighted by atomic mass is 10.1. The topological polar surface area (TPSA) is 72.7 Å². The first-order valence-corrected chi connectivity index (χ1v) is 8.67. The average Bonchev–Trinajstić information content (AvgIpc) is 3.03. The van der Waals surface area contributed by atoms with Crippen LogP contribution in [0, 0.1) is 0 Å². The maximum absolute atomic E-state index is 12.8. The number of aryl methyl sites for hydroxylation is 1. The first-order chi connectivity index (χ1) is 13.8. The monoisotopic (exact) mass is 400 g/mol. The van der Waals surface area contributed by atoms with Crippen molar-refractivity contribution < 1.29 is 13.2 Å². The minimum absolute atomic E-state index is 0.162. The predicted octanol–water partition coefficient (Wildman–Crippen LogP) is 3.16. The van der Waals surface area contributed by atoms with Crippen LogP contribution in [0.3, 0.4) is 0 Å². The van der Waals surface area contributed by atoms with Gasteiger partial charge in [0.1, 0.15) is 5.82 Å². The Morgan fingerprint density at radius 1 is 1.00 bits per heavy atom. The Balaban J connectivity index is 1.89. The fourth-order valence-electron chi connectivity index (χ4n) is 3.23. The number of fused-ring (bicyclic) bond motifs is 1. The van der Waals surface area contributed by atoms with E-state index in [0.717, 1.165) is 17.7 Å². The number of aromatic amines is 1. The zero-order chi connectivity index (χ0) is 20.8. The molecule has 2 aromatic carbocycles. The molecule has 4 aromatic rings. The van der Waals surface area contributed by atoms with Gasteiger partial charge in [0.25, 0.3) is 5.56 Å². The zero-order valence-electron chi connectivity index (χ0n) is 15.2. The average molecular weight is 400 g/mol. The number of imidazole rings is 1. The molecule has 0 aliphatic carbocycles. The molecule has 0 bridgehead atoms. The lowest BCUT2D eigenvalue weighted by Gasteiger charge is -2.07. The molecule has 0 aliphatic heterocycles. The number of nitrogens with one attached hydrogen (secondary N) is 1. The molecular formula is C20H15F3N4O2. The maximum atomic E-state index is 12.8. The van der Waals surface area contributed by atoms with Gasteiger partial charge in [-0.05, 0) is 17.7 Å². The van der Waals surface area contributed by atoms with Gasteiger partial charge in [0.05, 0.1) is 12.1 Å². The van der Waals surface area contributed by atoms with E-state index in [1.54, 1.807) is 7.05 Å². The molecule has 0 unspecified atom stereocenters. The molecule has 2 heterocycles. The van der Waals surface area contributed by atoms with Crippen LogP contribution in [0.5, 0.6) is 0 Å². The highest BCUT2D eigenvalue weighted by Gasteiger charge is 2.30. The Kier molecular flexibility index (Phi) is 4.37. The highest BCUT2D eigenvalue weighted by molar-refractivity contribution is 5.76. The number of benzene rings is 2. The second-order valence-electron chi connectivity index (χ2n) is 6.57. The smallest absolute Gasteiger partial charge is 0.321 e. The third kappa shape index (κ3) is 3.35. The van der Waals surface area contributed by atoms with E-state index in [2.05, 4.69) is 9.97 Å². The first-order valence-electron chi connectivity index (χ1n) is 8.67. The van der Waals surface area contributed by atoms with Crippen molar-refractivity contribution in [3.63, 3.8) is 0 Å². The quantitative estimate of drug-likeness (QED) is 0.574. The van der Waals surface area contributed by atoms with Gasteiger partial charge in [0.2, 0.25) is 0 Å². The molecule has 4 rings (SSSR count). The fourth-order valence-corrected chi connectivity index (χ4v) is 3.23. The maximum Gasteiger partial charge on any atom is 0.416 e. The lowest BCUT2D eigenvalue weighted by molar-refractivity contribution is -0.137. The fraction of sp³-hybridized carbons (Fsp3) is 0.150. The van der Waals surface area contributed by atoms with Crippen molar-refractivity contribution in [3.8, 4) is 11.4 Å². The number of halogens is 3. The molecule has 9 heteroatoms. The third-order valence-corrected chi connectivity index (χ3v) is 4.67. The van der Waals surface area contributed by atoms with Crippen molar-refractivity contribution in [2.24, 2.45) is 7.05 Å². The Labute approximate surface area is 161 Å². The van der Waals surface area contributed by atoms with Gasteiger partial charge in [0, 0.05) is 12.6 Å². The molecular weight excluding hydrogens is 385 g/mol. The Hall–Kier alpha value is -3.62. The number of aromatic nitrogens is 4. The Morgan fingerprint density at radius 2 is 1.66 bits per heavy atom. The van der Waals surface area contributed by atoms with E-state index < -0.39 is 23.0 Å². The summed E-state index contributed by atoms with van der Waals surface area (Å²) < 4.78 is 41.3. The van der Waals surface area contributed by atoms with E-state index in [9.17, 15) is 22.8 Å². The number of alkyl halides is 3. The van der Waals surface area contributed by atoms with Gasteiger partial charge in [-0.15, -0.1) is 0 Å². The van der Waals surface area contributed by atoms with Gasteiger partial charge < -0.3 is 4.57 Å². The van der Waals surface area contributed by atoms with E-state index in [4.69, 9.17) is 0 Å². The molecule has 0 radical (unpaired) electrons. The number of H-pyrrole nitrogens is 1.